The number of ether oxygens (including phenoxy) is 1. The van der Waals surface area contributed by atoms with Crippen LogP contribution >= 0.6 is 0 Å². The van der Waals surface area contributed by atoms with Gasteiger partial charge in [-0.05, 0) is 18.6 Å². The lowest BCUT2D eigenvalue weighted by Crippen LogP contribution is -2.22. The minimum absolute atomic E-state index is 0.0549. The second kappa shape index (κ2) is 7.70. The van der Waals surface area contributed by atoms with Crippen molar-refractivity contribution in [1.82, 2.24) is 9.97 Å². The molecule has 27 heavy (non-hydrogen) atoms. The molecule has 0 bridgehead atoms. The lowest BCUT2D eigenvalue weighted by Gasteiger charge is -2.12. The molecular weight excluding hydrogens is 372 g/mol. The maximum absolute atomic E-state index is 12.4. The van der Waals surface area contributed by atoms with Crippen LogP contribution < -0.4 is 10.6 Å². The van der Waals surface area contributed by atoms with E-state index in [9.17, 15) is 18.0 Å². The van der Waals surface area contributed by atoms with Crippen LogP contribution in [0.4, 0.5) is 11.5 Å². The zero-order chi connectivity index (χ0) is 19.4. The van der Waals surface area contributed by atoms with Gasteiger partial charge >= 0.3 is 5.97 Å². The van der Waals surface area contributed by atoms with Crippen molar-refractivity contribution in [2.45, 2.75) is 12.5 Å². The number of rotatable bonds is 5. The van der Waals surface area contributed by atoms with Crippen LogP contribution in [0.1, 0.15) is 27.3 Å². The minimum Gasteiger partial charge on any atom is -0.465 e. The van der Waals surface area contributed by atoms with Crippen molar-refractivity contribution < 1.29 is 22.7 Å². The van der Waals surface area contributed by atoms with E-state index in [2.05, 4.69) is 25.3 Å². The van der Waals surface area contributed by atoms with Crippen LogP contribution in [0.5, 0.6) is 0 Å². The van der Waals surface area contributed by atoms with Crippen molar-refractivity contribution >= 4 is 33.2 Å². The fourth-order valence-electron chi connectivity index (χ4n) is 2.70. The third kappa shape index (κ3) is 4.59. The number of aromatic nitrogens is 2. The van der Waals surface area contributed by atoms with E-state index >= 15 is 0 Å². The summed E-state index contributed by atoms with van der Waals surface area (Å²) >= 11 is 0. The fraction of sp³-hybridized carbons (Fsp3) is 0.294. The summed E-state index contributed by atoms with van der Waals surface area (Å²) in [6.07, 6.45) is 3.16. The van der Waals surface area contributed by atoms with Crippen LogP contribution in [0.25, 0.3) is 0 Å². The first kappa shape index (κ1) is 18.8. The molecule has 3 rings (SSSR count). The Hall–Kier alpha value is -3.01. The zero-order valence-electron chi connectivity index (χ0n) is 14.5. The van der Waals surface area contributed by atoms with E-state index in [1.807, 2.05) is 0 Å². The highest BCUT2D eigenvalue weighted by Crippen LogP contribution is 2.18. The van der Waals surface area contributed by atoms with Gasteiger partial charge in [0.05, 0.1) is 42.3 Å². The van der Waals surface area contributed by atoms with Crippen LogP contribution in [-0.4, -0.2) is 54.9 Å². The van der Waals surface area contributed by atoms with E-state index in [1.165, 1.54) is 25.6 Å². The number of esters is 1. The number of carbonyl (C=O) groups is 2. The van der Waals surface area contributed by atoms with Gasteiger partial charge in [0, 0.05) is 6.04 Å². The number of benzene rings is 1. The Morgan fingerprint density at radius 2 is 1.96 bits per heavy atom. The summed E-state index contributed by atoms with van der Waals surface area (Å²) in [7, 11) is -1.74. The summed E-state index contributed by atoms with van der Waals surface area (Å²) in [5, 5.41) is 5.60. The number of sulfone groups is 1. The predicted octanol–water partition coefficient (Wildman–Crippen LogP) is 1.11. The molecule has 1 saturated heterocycles. The number of hydrogen-bond acceptors (Lipinski definition) is 8. The minimum atomic E-state index is -3.00. The molecule has 2 aromatic rings. The summed E-state index contributed by atoms with van der Waals surface area (Å²) in [5.41, 5.74) is 0.579. The van der Waals surface area contributed by atoms with E-state index in [-0.39, 0.29) is 28.8 Å². The third-order valence-corrected chi connectivity index (χ3v) is 5.82. The van der Waals surface area contributed by atoms with Gasteiger partial charge in [0.2, 0.25) is 0 Å². The van der Waals surface area contributed by atoms with E-state index in [0.29, 0.717) is 17.9 Å². The summed E-state index contributed by atoms with van der Waals surface area (Å²) in [4.78, 5) is 32.3. The second-order valence-corrected chi connectivity index (χ2v) is 8.25. The van der Waals surface area contributed by atoms with Crippen LogP contribution in [0.3, 0.4) is 0 Å². The SMILES string of the molecule is COC(=O)c1ccccc1NC(=O)c1cnc(NC2CCS(=O)(=O)C2)cn1. The molecule has 142 valence electrons. The van der Waals surface area contributed by atoms with Gasteiger partial charge in [0.25, 0.3) is 5.91 Å². The Morgan fingerprint density at radius 1 is 1.19 bits per heavy atom. The first-order valence-corrected chi connectivity index (χ1v) is 9.98. The van der Waals surface area contributed by atoms with E-state index in [0.717, 1.165) is 0 Å². The number of methoxy groups -OCH3 is 1. The Balaban J connectivity index is 1.67. The lowest BCUT2D eigenvalue weighted by molar-refractivity contribution is 0.0602. The molecule has 1 aliphatic rings. The smallest absolute Gasteiger partial charge is 0.339 e. The van der Waals surface area contributed by atoms with E-state index in [1.54, 1.807) is 18.2 Å². The van der Waals surface area contributed by atoms with Crippen molar-refractivity contribution in [2.24, 2.45) is 0 Å². The molecule has 1 aromatic heterocycles. The van der Waals surface area contributed by atoms with Gasteiger partial charge in [-0.2, -0.15) is 0 Å². The topological polar surface area (TPSA) is 127 Å². The van der Waals surface area contributed by atoms with Gasteiger partial charge in [-0.25, -0.2) is 23.2 Å². The molecule has 1 atom stereocenters. The zero-order valence-corrected chi connectivity index (χ0v) is 15.3. The Bertz CT molecular complexity index is 960. The average Bonchev–Trinajstić information content (AvgIpc) is 3.00. The second-order valence-electron chi connectivity index (χ2n) is 6.02. The Morgan fingerprint density at radius 3 is 2.59 bits per heavy atom. The largest absolute Gasteiger partial charge is 0.465 e. The molecule has 0 saturated carbocycles. The Labute approximate surface area is 156 Å². The van der Waals surface area contributed by atoms with Crippen LogP contribution in [0.2, 0.25) is 0 Å². The standard InChI is InChI=1S/C17H18N4O5S/c1-26-17(23)12-4-2-3-5-13(12)21-16(22)14-8-19-15(9-18-14)20-11-6-7-27(24,25)10-11/h2-5,8-9,11H,6-7,10H2,1H3,(H,19,20)(H,21,22). The monoisotopic (exact) mass is 390 g/mol. The van der Waals surface area contributed by atoms with Crippen molar-refractivity contribution in [3.63, 3.8) is 0 Å². The van der Waals surface area contributed by atoms with Gasteiger partial charge in [0.15, 0.2) is 9.84 Å². The van der Waals surface area contributed by atoms with Gasteiger partial charge in [0.1, 0.15) is 11.5 Å². The molecule has 2 N–H and O–H groups in total. The quantitative estimate of drug-likeness (QED) is 0.727. The van der Waals surface area contributed by atoms with Gasteiger partial charge < -0.3 is 15.4 Å². The molecule has 1 aliphatic heterocycles. The maximum Gasteiger partial charge on any atom is 0.339 e. The normalized spacial score (nSPS) is 17.9. The van der Waals surface area contributed by atoms with Crippen LogP contribution in [0.15, 0.2) is 36.7 Å². The maximum atomic E-state index is 12.4. The fourth-order valence-corrected chi connectivity index (χ4v) is 4.38. The number of carbonyl (C=O) groups excluding carboxylic acids is 2. The molecule has 2 heterocycles. The van der Waals surface area contributed by atoms with E-state index in [4.69, 9.17) is 0 Å². The van der Waals surface area contributed by atoms with Crippen LogP contribution in [0, 0.1) is 0 Å². The Kier molecular flexibility index (Phi) is 5.36. The molecule has 0 spiro atoms. The molecule has 1 aromatic carbocycles. The number of anilines is 2. The highest BCUT2D eigenvalue weighted by molar-refractivity contribution is 7.91. The predicted molar refractivity (Wildman–Crippen MR) is 98.4 cm³/mol. The number of hydrogen-bond donors (Lipinski definition) is 2. The van der Waals surface area contributed by atoms with Crippen molar-refractivity contribution in [3.8, 4) is 0 Å². The van der Waals surface area contributed by atoms with Gasteiger partial charge in [-0.15, -0.1) is 0 Å². The molecule has 1 amide bonds. The van der Waals surface area contributed by atoms with Crippen molar-refractivity contribution in [2.75, 3.05) is 29.2 Å². The van der Waals surface area contributed by atoms with Gasteiger partial charge in [-0.3, -0.25) is 4.79 Å². The molecular formula is C17H18N4O5S. The number of amides is 1. The lowest BCUT2D eigenvalue weighted by atomic mass is 10.1. The molecule has 1 fully saturated rings. The van der Waals surface area contributed by atoms with E-state index < -0.39 is 21.7 Å². The first-order valence-electron chi connectivity index (χ1n) is 8.15. The highest BCUT2D eigenvalue weighted by Gasteiger charge is 2.28. The summed E-state index contributed by atoms with van der Waals surface area (Å²) in [6, 6.07) is 6.24. The van der Waals surface area contributed by atoms with Crippen molar-refractivity contribution in [3.05, 3.63) is 47.9 Å². The van der Waals surface area contributed by atoms with Crippen molar-refractivity contribution in [1.29, 1.82) is 0 Å². The molecule has 10 heteroatoms. The third-order valence-electron chi connectivity index (χ3n) is 4.05. The summed E-state index contributed by atoms with van der Waals surface area (Å²) in [6.45, 7) is 0. The first-order chi connectivity index (χ1) is 12.9. The summed E-state index contributed by atoms with van der Waals surface area (Å²) in [5.74, 6) is -0.500. The number of nitrogens with zero attached hydrogens (tertiary/aromatic N) is 2. The van der Waals surface area contributed by atoms with Gasteiger partial charge in [-0.1, -0.05) is 12.1 Å². The molecule has 0 radical (unpaired) electrons. The summed E-state index contributed by atoms with van der Waals surface area (Å²) < 4.78 is 27.7. The molecule has 0 aliphatic carbocycles. The number of nitrogens with one attached hydrogen (secondary N) is 2. The average molecular weight is 390 g/mol. The molecule has 9 nitrogen and oxygen atoms in total. The number of para-hydroxylation sites is 1. The molecule has 1 unspecified atom stereocenters. The highest BCUT2D eigenvalue weighted by atomic mass is 32.2. The van der Waals surface area contributed by atoms with Crippen LogP contribution in [-0.2, 0) is 14.6 Å².